The summed E-state index contributed by atoms with van der Waals surface area (Å²) in [6.45, 7) is 3.96. The number of hydrogen-bond acceptors (Lipinski definition) is 4. The summed E-state index contributed by atoms with van der Waals surface area (Å²) in [6, 6.07) is 10.6. The molecule has 21 heavy (non-hydrogen) atoms. The number of rotatable bonds is 4. The number of aryl methyl sites for hydroxylation is 1. The summed E-state index contributed by atoms with van der Waals surface area (Å²) in [7, 11) is 0. The predicted octanol–water partition coefficient (Wildman–Crippen LogP) is 2.68. The molecule has 0 radical (unpaired) electrons. The molecule has 5 nitrogen and oxygen atoms in total. The first-order valence-corrected chi connectivity index (χ1v) is 7.19. The van der Waals surface area contributed by atoms with E-state index < -0.39 is 5.97 Å². The van der Waals surface area contributed by atoms with Gasteiger partial charge in [0.15, 0.2) is 5.69 Å². The third-order valence-electron chi connectivity index (χ3n) is 3.91. The molecule has 1 aliphatic carbocycles. The van der Waals surface area contributed by atoms with Crippen LogP contribution in [-0.4, -0.2) is 22.1 Å². The molecule has 0 saturated heterocycles. The number of ether oxygens (including phenoxy) is 1. The van der Waals surface area contributed by atoms with Crippen molar-refractivity contribution < 1.29 is 9.53 Å². The Morgan fingerprint density at radius 2 is 2.14 bits per heavy atom. The molecule has 1 fully saturated rings. The molecule has 3 rings (SSSR count). The van der Waals surface area contributed by atoms with Crippen LogP contribution in [0.15, 0.2) is 30.3 Å². The number of aromatic nitrogens is 2. The number of benzene rings is 1. The number of nitrogens with two attached hydrogens (primary N) is 1. The van der Waals surface area contributed by atoms with Crippen LogP contribution >= 0.6 is 0 Å². The van der Waals surface area contributed by atoms with Crippen LogP contribution in [0.2, 0.25) is 0 Å². The van der Waals surface area contributed by atoms with Crippen LogP contribution in [0.4, 0.5) is 5.82 Å². The maximum Gasteiger partial charge on any atom is 0.360 e. The summed E-state index contributed by atoms with van der Waals surface area (Å²) in [4.78, 5) is 16.1. The number of carbonyl (C=O) groups is 1. The van der Waals surface area contributed by atoms with Crippen molar-refractivity contribution >= 4 is 11.8 Å². The van der Waals surface area contributed by atoms with E-state index in [1.807, 2.05) is 29.7 Å². The van der Waals surface area contributed by atoms with Gasteiger partial charge in [0.25, 0.3) is 0 Å². The smallest absolute Gasteiger partial charge is 0.360 e. The Bertz CT molecular complexity index is 664. The van der Waals surface area contributed by atoms with E-state index in [4.69, 9.17) is 10.5 Å². The van der Waals surface area contributed by atoms with Crippen molar-refractivity contribution in [2.75, 3.05) is 12.3 Å². The highest BCUT2D eigenvalue weighted by molar-refractivity contribution is 5.92. The zero-order chi connectivity index (χ0) is 15.0. The lowest BCUT2D eigenvalue weighted by Crippen LogP contribution is -2.10. The molecule has 2 N–H and O–H groups in total. The van der Waals surface area contributed by atoms with Gasteiger partial charge in [0.2, 0.25) is 0 Å². The maximum atomic E-state index is 11.8. The Morgan fingerprint density at radius 1 is 1.43 bits per heavy atom. The second-order valence-corrected chi connectivity index (χ2v) is 5.30. The van der Waals surface area contributed by atoms with Crippen molar-refractivity contribution in [2.24, 2.45) is 0 Å². The molecule has 0 amide bonds. The van der Waals surface area contributed by atoms with Gasteiger partial charge >= 0.3 is 5.97 Å². The second kappa shape index (κ2) is 5.24. The van der Waals surface area contributed by atoms with E-state index in [-0.39, 0.29) is 11.7 Å². The first kappa shape index (κ1) is 13.7. The molecule has 110 valence electrons. The number of nitrogen functional groups attached to an aromatic ring is 1. The van der Waals surface area contributed by atoms with E-state index >= 15 is 0 Å². The van der Waals surface area contributed by atoms with Crippen LogP contribution in [-0.2, 0) is 4.74 Å². The molecule has 5 heteroatoms. The highest BCUT2D eigenvalue weighted by atomic mass is 16.5. The largest absolute Gasteiger partial charge is 0.461 e. The zero-order valence-electron chi connectivity index (χ0n) is 12.2. The normalized spacial score (nSPS) is 20.3. The van der Waals surface area contributed by atoms with Gasteiger partial charge in [-0.05, 0) is 25.8 Å². The van der Waals surface area contributed by atoms with E-state index in [9.17, 15) is 4.79 Å². The van der Waals surface area contributed by atoms with E-state index in [2.05, 4.69) is 17.1 Å². The van der Waals surface area contributed by atoms with Gasteiger partial charge in [-0.1, -0.05) is 30.3 Å². The Kier molecular flexibility index (Phi) is 3.41. The van der Waals surface area contributed by atoms with Crippen molar-refractivity contribution in [3.63, 3.8) is 0 Å². The zero-order valence-corrected chi connectivity index (χ0v) is 12.2. The maximum absolute atomic E-state index is 11.8. The first-order chi connectivity index (χ1) is 10.1. The lowest BCUT2D eigenvalue weighted by Gasteiger charge is -2.07. The Morgan fingerprint density at radius 3 is 2.81 bits per heavy atom. The Labute approximate surface area is 123 Å². The van der Waals surface area contributed by atoms with Gasteiger partial charge in [0.1, 0.15) is 11.6 Å². The average molecular weight is 285 g/mol. The summed E-state index contributed by atoms with van der Waals surface area (Å²) < 4.78 is 6.96. The van der Waals surface area contributed by atoms with Gasteiger partial charge in [-0.2, -0.15) is 0 Å². The summed E-state index contributed by atoms with van der Waals surface area (Å²) >= 11 is 0. The number of anilines is 1. The molecule has 2 atom stereocenters. The topological polar surface area (TPSA) is 70.1 Å². The summed E-state index contributed by atoms with van der Waals surface area (Å²) in [5.41, 5.74) is 7.64. The van der Waals surface area contributed by atoms with Gasteiger partial charge in [-0.3, -0.25) is 0 Å². The van der Waals surface area contributed by atoms with Crippen molar-refractivity contribution in [3.05, 3.63) is 47.4 Å². The molecule has 1 aromatic carbocycles. The molecule has 1 aliphatic rings. The fourth-order valence-corrected chi connectivity index (χ4v) is 2.86. The fourth-order valence-electron chi connectivity index (χ4n) is 2.86. The Hall–Kier alpha value is -2.30. The van der Waals surface area contributed by atoms with Crippen LogP contribution in [0.1, 0.15) is 47.2 Å². The van der Waals surface area contributed by atoms with E-state index in [1.54, 1.807) is 6.92 Å². The molecular weight excluding hydrogens is 266 g/mol. The summed E-state index contributed by atoms with van der Waals surface area (Å²) in [5, 5.41) is 0. The minimum Gasteiger partial charge on any atom is -0.461 e. The molecule has 0 bridgehead atoms. The van der Waals surface area contributed by atoms with Gasteiger partial charge < -0.3 is 15.0 Å². The molecule has 0 aliphatic heterocycles. The molecule has 2 unspecified atom stereocenters. The highest BCUT2D eigenvalue weighted by Gasteiger charge is 2.42. The summed E-state index contributed by atoms with van der Waals surface area (Å²) in [6.07, 6.45) is 1.02. The van der Waals surface area contributed by atoms with Crippen molar-refractivity contribution in [1.29, 1.82) is 0 Å². The predicted molar refractivity (Wildman–Crippen MR) is 80.2 cm³/mol. The minimum atomic E-state index is -0.450. The van der Waals surface area contributed by atoms with Crippen molar-refractivity contribution in [2.45, 2.75) is 32.2 Å². The first-order valence-electron chi connectivity index (χ1n) is 7.19. The SMILES string of the molecule is CCOC(=O)c1nc(C)n(C2CC2c2ccccc2)c1N. The minimum absolute atomic E-state index is 0.230. The molecule has 1 saturated carbocycles. The third kappa shape index (κ3) is 2.39. The average Bonchev–Trinajstić information content (AvgIpc) is 3.20. The standard InChI is InChI=1S/C16H19N3O2/c1-3-21-16(20)14-15(17)19(10(2)18-14)13-9-12(13)11-7-5-4-6-8-11/h4-8,12-13H,3,9,17H2,1-2H3. The summed E-state index contributed by atoms with van der Waals surface area (Å²) in [5.74, 6) is 1.17. The molecule has 1 aromatic heterocycles. The monoisotopic (exact) mass is 285 g/mol. The molecule has 2 aromatic rings. The van der Waals surface area contributed by atoms with Crippen LogP contribution in [0.3, 0.4) is 0 Å². The van der Waals surface area contributed by atoms with Crippen LogP contribution in [0.25, 0.3) is 0 Å². The second-order valence-electron chi connectivity index (χ2n) is 5.30. The van der Waals surface area contributed by atoms with Crippen LogP contribution in [0.5, 0.6) is 0 Å². The fraction of sp³-hybridized carbons (Fsp3) is 0.375. The van der Waals surface area contributed by atoms with Gasteiger partial charge in [0.05, 0.1) is 6.61 Å². The van der Waals surface area contributed by atoms with Crippen LogP contribution in [0, 0.1) is 6.92 Å². The molecule has 0 spiro atoms. The molecular formula is C16H19N3O2. The Balaban J connectivity index is 1.86. The van der Waals surface area contributed by atoms with Crippen LogP contribution < -0.4 is 5.73 Å². The van der Waals surface area contributed by atoms with Gasteiger partial charge in [0, 0.05) is 12.0 Å². The van der Waals surface area contributed by atoms with E-state index in [0.29, 0.717) is 18.3 Å². The number of nitrogens with zero attached hydrogens (tertiary/aromatic N) is 2. The van der Waals surface area contributed by atoms with Gasteiger partial charge in [-0.25, -0.2) is 9.78 Å². The number of carbonyl (C=O) groups excluding carboxylic acids is 1. The van der Waals surface area contributed by atoms with E-state index in [0.717, 1.165) is 12.2 Å². The number of hydrogen-bond donors (Lipinski definition) is 1. The lowest BCUT2D eigenvalue weighted by molar-refractivity contribution is 0.0521. The third-order valence-corrected chi connectivity index (χ3v) is 3.91. The lowest BCUT2D eigenvalue weighted by atomic mass is 10.1. The highest BCUT2D eigenvalue weighted by Crippen LogP contribution is 2.52. The number of imidazole rings is 1. The van der Waals surface area contributed by atoms with Crippen molar-refractivity contribution in [3.8, 4) is 0 Å². The number of esters is 1. The molecule has 1 heterocycles. The van der Waals surface area contributed by atoms with Gasteiger partial charge in [-0.15, -0.1) is 0 Å². The van der Waals surface area contributed by atoms with E-state index in [1.165, 1.54) is 5.56 Å². The quantitative estimate of drug-likeness (QED) is 0.877. The van der Waals surface area contributed by atoms with Crippen molar-refractivity contribution in [1.82, 2.24) is 9.55 Å².